The molecule has 1 aromatic carbocycles. The van der Waals surface area contributed by atoms with Crippen molar-refractivity contribution in [2.75, 3.05) is 20.7 Å². The van der Waals surface area contributed by atoms with Crippen molar-refractivity contribution < 1.29 is 9.84 Å². The normalized spacial score (nSPS) is 18.3. The molecule has 0 bridgehead atoms. The fourth-order valence-electron chi connectivity index (χ4n) is 3.33. The maximum atomic E-state index is 11.1. The first-order chi connectivity index (χ1) is 10.9. The van der Waals surface area contributed by atoms with Crippen LogP contribution < -0.4 is 4.74 Å². The summed E-state index contributed by atoms with van der Waals surface area (Å²) in [6.07, 6.45) is 6.39. The van der Waals surface area contributed by atoms with Gasteiger partial charge >= 0.3 is 0 Å². The molecule has 0 amide bonds. The molecule has 1 aromatic rings. The van der Waals surface area contributed by atoms with Gasteiger partial charge < -0.3 is 14.7 Å². The van der Waals surface area contributed by atoms with Gasteiger partial charge in [0.15, 0.2) is 0 Å². The van der Waals surface area contributed by atoms with Gasteiger partial charge in [0, 0.05) is 25.2 Å². The molecule has 4 nitrogen and oxygen atoms in total. The van der Waals surface area contributed by atoms with Gasteiger partial charge in [-0.05, 0) is 51.2 Å². The Morgan fingerprint density at radius 1 is 1.39 bits per heavy atom. The predicted octanol–water partition coefficient (Wildman–Crippen LogP) is 4.01. The van der Waals surface area contributed by atoms with Gasteiger partial charge in [-0.2, -0.15) is 0 Å². The summed E-state index contributed by atoms with van der Waals surface area (Å²) in [6.45, 7) is 6.95. The molecule has 0 heterocycles. The van der Waals surface area contributed by atoms with Crippen LogP contribution in [0.3, 0.4) is 0 Å². The van der Waals surface area contributed by atoms with E-state index in [1.807, 2.05) is 44.3 Å². The van der Waals surface area contributed by atoms with E-state index in [-0.39, 0.29) is 0 Å². The first kappa shape index (κ1) is 17.8. The number of rotatable bonds is 6. The smallest absolute Gasteiger partial charge is 0.127 e. The summed E-state index contributed by atoms with van der Waals surface area (Å²) in [5.41, 5.74) is 1.97. The number of aliphatic hydroxyl groups is 1. The van der Waals surface area contributed by atoms with E-state index in [1.54, 1.807) is 7.11 Å². The molecule has 1 unspecified atom stereocenters. The van der Waals surface area contributed by atoms with E-state index in [2.05, 4.69) is 11.9 Å². The quantitative estimate of drug-likeness (QED) is 0.636. The third-order valence-electron chi connectivity index (χ3n) is 5.11. The number of aryl methyl sites for hydroxylation is 1. The lowest BCUT2D eigenvalue weighted by Crippen LogP contribution is -2.30. The van der Waals surface area contributed by atoms with Gasteiger partial charge in [0.05, 0.1) is 24.7 Å². The van der Waals surface area contributed by atoms with Crippen LogP contribution in [0.25, 0.3) is 0 Å². The van der Waals surface area contributed by atoms with Crippen LogP contribution in [0, 0.1) is 12.8 Å². The van der Waals surface area contributed by atoms with Crippen LogP contribution in [0.2, 0.25) is 0 Å². The molecule has 128 valence electrons. The maximum Gasteiger partial charge on any atom is 0.127 e. The Kier molecular flexibility index (Phi) is 5.69. The van der Waals surface area contributed by atoms with E-state index in [0.29, 0.717) is 5.92 Å². The Labute approximate surface area is 140 Å². The highest BCUT2D eigenvalue weighted by Crippen LogP contribution is 2.44. The number of benzene rings is 1. The van der Waals surface area contributed by atoms with Crippen molar-refractivity contribution in [2.24, 2.45) is 10.9 Å². The number of hydrogen-bond acceptors (Lipinski definition) is 3. The third kappa shape index (κ3) is 3.86. The number of ether oxygens (including phenoxy) is 1. The van der Waals surface area contributed by atoms with E-state index in [4.69, 9.17) is 4.74 Å². The lowest BCUT2D eigenvalue weighted by molar-refractivity contribution is -0.00529. The minimum absolute atomic E-state index is 0.302. The molecule has 23 heavy (non-hydrogen) atoms. The second kappa shape index (κ2) is 7.35. The molecule has 0 saturated heterocycles. The van der Waals surface area contributed by atoms with Gasteiger partial charge in [-0.3, -0.25) is 0 Å². The summed E-state index contributed by atoms with van der Waals surface area (Å²) in [4.78, 5) is 6.57. The van der Waals surface area contributed by atoms with E-state index in [0.717, 1.165) is 42.0 Å². The zero-order valence-electron chi connectivity index (χ0n) is 15.1. The Balaban J connectivity index is 2.38. The number of nitrogens with zero attached hydrogens (tertiary/aromatic N) is 2. The van der Waals surface area contributed by atoms with Crippen molar-refractivity contribution in [1.29, 1.82) is 0 Å². The summed E-state index contributed by atoms with van der Waals surface area (Å²) in [7, 11) is 3.65. The number of methoxy groups -OCH3 is 1. The van der Waals surface area contributed by atoms with Crippen LogP contribution in [0.5, 0.6) is 5.75 Å². The fourth-order valence-corrected chi connectivity index (χ4v) is 3.33. The summed E-state index contributed by atoms with van der Waals surface area (Å²) in [5.74, 6) is 1.02. The molecule has 1 aliphatic rings. The summed E-state index contributed by atoms with van der Waals surface area (Å²) < 4.78 is 5.57. The van der Waals surface area contributed by atoms with Crippen molar-refractivity contribution >= 4 is 12.0 Å². The molecule has 0 aliphatic heterocycles. The molecular weight excluding hydrogens is 288 g/mol. The lowest BCUT2D eigenvalue weighted by atomic mass is 9.80. The van der Waals surface area contributed by atoms with Gasteiger partial charge in [0.1, 0.15) is 5.75 Å². The van der Waals surface area contributed by atoms with Crippen LogP contribution >= 0.6 is 0 Å². The van der Waals surface area contributed by atoms with Crippen molar-refractivity contribution in [1.82, 2.24) is 4.90 Å². The first-order valence-corrected chi connectivity index (χ1v) is 8.56. The second-order valence-corrected chi connectivity index (χ2v) is 6.79. The zero-order valence-corrected chi connectivity index (χ0v) is 15.1. The third-order valence-corrected chi connectivity index (χ3v) is 5.11. The monoisotopic (exact) mass is 318 g/mol. The Morgan fingerprint density at radius 2 is 2.04 bits per heavy atom. The lowest BCUT2D eigenvalue weighted by Gasteiger charge is -2.32. The second-order valence-electron chi connectivity index (χ2n) is 6.79. The Bertz CT molecular complexity index is 561. The van der Waals surface area contributed by atoms with Gasteiger partial charge in [-0.15, -0.1) is 0 Å². The molecule has 1 aliphatic carbocycles. The number of hydrogen-bond donors (Lipinski definition) is 1. The average molecular weight is 318 g/mol. The minimum Gasteiger partial charge on any atom is -0.496 e. The molecule has 2 rings (SSSR count). The molecule has 4 heteroatoms. The largest absolute Gasteiger partial charge is 0.496 e. The highest BCUT2D eigenvalue weighted by molar-refractivity contribution is 5.65. The fraction of sp³-hybridized carbons (Fsp3) is 0.632. The molecule has 1 saturated carbocycles. The Hall–Kier alpha value is -1.55. The van der Waals surface area contributed by atoms with Gasteiger partial charge in [0.2, 0.25) is 0 Å². The van der Waals surface area contributed by atoms with Crippen molar-refractivity contribution in [2.45, 2.75) is 52.1 Å². The minimum atomic E-state index is -0.852. The topological polar surface area (TPSA) is 45.1 Å². The van der Waals surface area contributed by atoms with Crippen LogP contribution in [0.4, 0.5) is 5.69 Å². The predicted molar refractivity (Wildman–Crippen MR) is 95.7 cm³/mol. The zero-order chi connectivity index (χ0) is 17.0. The van der Waals surface area contributed by atoms with Gasteiger partial charge in [0.25, 0.3) is 0 Å². The standard InChI is InChI=1S/C19H30N2O2/c1-6-21(4)13-20-17-12-18(23-5)16(11-14(17)2)19(3,22)15-9-7-8-10-15/h11-13,15,22H,6-10H2,1-5H3. The average Bonchev–Trinajstić information content (AvgIpc) is 3.08. The molecular formula is C19H30N2O2. The van der Waals surface area contributed by atoms with Crippen LogP contribution in [-0.4, -0.2) is 37.0 Å². The molecule has 1 N–H and O–H groups in total. The first-order valence-electron chi connectivity index (χ1n) is 8.56. The summed E-state index contributed by atoms with van der Waals surface area (Å²) >= 11 is 0. The maximum absolute atomic E-state index is 11.1. The highest BCUT2D eigenvalue weighted by atomic mass is 16.5. The molecule has 1 fully saturated rings. The number of aliphatic imine (C=N–C) groups is 1. The molecule has 0 radical (unpaired) electrons. The van der Waals surface area contributed by atoms with Gasteiger partial charge in [-0.1, -0.05) is 12.8 Å². The van der Waals surface area contributed by atoms with Crippen molar-refractivity contribution in [3.05, 3.63) is 23.3 Å². The van der Waals surface area contributed by atoms with Gasteiger partial charge in [-0.25, -0.2) is 4.99 Å². The summed E-state index contributed by atoms with van der Waals surface area (Å²) in [5, 5.41) is 11.1. The van der Waals surface area contributed by atoms with E-state index >= 15 is 0 Å². The highest BCUT2D eigenvalue weighted by Gasteiger charge is 2.37. The SMILES string of the molecule is CCN(C)C=Nc1cc(OC)c(C(C)(O)C2CCCC2)cc1C. The molecule has 1 atom stereocenters. The van der Waals surface area contributed by atoms with Crippen LogP contribution in [0.1, 0.15) is 50.7 Å². The van der Waals surface area contributed by atoms with Crippen LogP contribution in [0.15, 0.2) is 17.1 Å². The molecule has 0 spiro atoms. The molecule has 0 aromatic heterocycles. The Morgan fingerprint density at radius 3 is 2.61 bits per heavy atom. The van der Waals surface area contributed by atoms with Crippen molar-refractivity contribution in [3.8, 4) is 5.75 Å². The van der Waals surface area contributed by atoms with E-state index in [9.17, 15) is 5.11 Å². The van der Waals surface area contributed by atoms with Crippen LogP contribution in [-0.2, 0) is 5.60 Å². The van der Waals surface area contributed by atoms with Crippen molar-refractivity contribution in [3.63, 3.8) is 0 Å². The summed E-state index contributed by atoms with van der Waals surface area (Å²) in [6, 6.07) is 3.98. The van der Waals surface area contributed by atoms with E-state index < -0.39 is 5.60 Å². The van der Waals surface area contributed by atoms with E-state index in [1.165, 1.54) is 12.8 Å².